The molecule has 1 aromatic rings. The Balaban J connectivity index is 2.31. The third kappa shape index (κ3) is 2.70. The predicted molar refractivity (Wildman–Crippen MR) is 92.1 cm³/mol. The topological polar surface area (TPSA) is 33.5 Å². The summed E-state index contributed by atoms with van der Waals surface area (Å²) in [5.41, 5.74) is 3.45. The van der Waals surface area contributed by atoms with Crippen molar-refractivity contribution in [1.82, 2.24) is 0 Å². The molecule has 0 atom stereocenters. The number of hydrogen-bond acceptors (Lipinski definition) is 1. The van der Waals surface area contributed by atoms with Gasteiger partial charge in [-0.3, -0.25) is 4.79 Å². The number of nitrogens with zero attached hydrogens (tertiary/aromatic N) is 1. The van der Waals surface area contributed by atoms with Crippen LogP contribution in [0.4, 0.5) is 11.4 Å². The average Bonchev–Trinajstić information content (AvgIpc) is 2.29. The van der Waals surface area contributed by atoms with Gasteiger partial charge in [0.1, 0.15) is 0 Å². The number of carbonyl (C=O) groups excluding carboxylic acids is 1. The first kappa shape index (κ1) is 16.0. The Hall–Kier alpha value is -1.39. The monoisotopic (exact) mass is 303 g/mol. The largest absolute Gasteiger partial charge is 0.322 e. The highest BCUT2D eigenvalue weighted by molar-refractivity contribution is 7.76. The second-order valence-corrected chi connectivity index (χ2v) is 11.8. The van der Waals surface area contributed by atoms with Gasteiger partial charge in [-0.2, -0.15) is 0 Å². The van der Waals surface area contributed by atoms with Gasteiger partial charge in [-0.05, 0) is 44.2 Å². The Labute approximate surface area is 128 Å². The summed E-state index contributed by atoms with van der Waals surface area (Å²) in [6.07, 6.45) is 3.17. The molecule has 4 heteroatoms. The lowest BCUT2D eigenvalue weighted by molar-refractivity contribution is -0.120. The van der Waals surface area contributed by atoms with Gasteiger partial charge in [-0.15, -0.1) is 0 Å². The maximum Gasteiger partial charge on any atom is 0.268 e. The van der Waals surface area contributed by atoms with Crippen LogP contribution in [0.5, 0.6) is 0 Å². The maximum absolute atomic E-state index is 12.9. The molecule has 0 spiro atoms. The molecular formula is C17H24N2OP+. The van der Waals surface area contributed by atoms with E-state index in [2.05, 4.69) is 30.2 Å². The van der Waals surface area contributed by atoms with Crippen LogP contribution in [-0.4, -0.2) is 31.1 Å². The molecule has 1 aliphatic carbocycles. The van der Waals surface area contributed by atoms with Crippen molar-refractivity contribution < 1.29 is 4.79 Å². The van der Waals surface area contributed by atoms with Crippen LogP contribution < -0.4 is 5.32 Å². The minimum absolute atomic E-state index is 0.148. The number of hydrogen-bond donors (Lipinski definition) is 1. The lowest BCUT2D eigenvalue weighted by atomic mass is 9.83. The molecule has 0 aromatic heterocycles. The average molecular weight is 303 g/mol. The molecule has 0 unspecified atom stereocenters. The van der Waals surface area contributed by atoms with E-state index in [1.807, 2.05) is 26.0 Å². The fraction of sp³-hybridized carbons (Fsp3) is 0.529. The highest BCUT2D eigenvalue weighted by atomic mass is 31.2. The molecule has 2 rings (SSSR count). The lowest BCUT2D eigenvalue weighted by Crippen LogP contribution is -2.49. The van der Waals surface area contributed by atoms with Crippen LogP contribution in [0, 0.1) is 20.4 Å². The summed E-state index contributed by atoms with van der Waals surface area (Å²) in [5, 5.41) is 3.02. The Kier molecular flexibility index (Phi) is 4.13. The lowest BCUT2D eigenvalue weighted by Gasteiger charge is -2.44. The number of aryl methyl sites for hydroxylation is 2. The molecule has 112 valence electrons. The fourth-order valence-corrected chi connectivity index (χ4v) is 5.47. The van der Waals surface area contributed by atoms with Gasteiger partial charge in [0.05, 0.1) is 6.57 Å². The van der Waals surface area contributed by atoms with Crippen molar-refractivity contribution in [3.05, 3.63) is 34.7 Å². The maximum atomic E-state index is 12.9. The van der Waals surface area contributed by atoms with Crippen molar-refractivity contribution in [2.45, 2.75) is 38.3 Å². The molecule has 0 bridgehead atoms. The van der Waals surface area contributed by atoms with Gasteiger partial charge < -0.3 is 5.32 Å². The van der Waals surface area contributed by atoms with Crippen molar-refractivity contribution in [2.24, 2.45) is 0 Å². The number of anilines is 1. The van der Waals surface area contributed by atoms with E-state index in [9.17, 15) is 4.79 Å². The van der Waals surface area contributed by atoms with E-state index in [0.717, 1.165) is 36.1 Å². The molecule has 1 fully saturated rings. The second-order valence-electron chi connectivity index (χ2n) is 6.92. The number of amides is 1. The first-order valence-corrected chi connectivity index (χ1v) is 10.5. The van der Waals surface area contributed by atoms with Crippen molar-refractivity contribution in [1.29, 1.82) is 0 Å². The van der Waals surface area contributed by atoms with Crippen LogP contribution in [0.1, 0.15) is 30.4 Å². The number of benzene rings is 1. The third-order valence-corrected chi connectivity index (χ3v) is 7.99. The number of nitrogens with one attached hydrogen (secondary N) is 1. The van der Waals surface area contributed by atoms with Gasteiger partial charge in [-0.1, -0.05) is 12.1 Å². The van der Waals surface area contributed by atoms with Gasteiger partial charge in [0.25, 0.3) is 5.91 Å². The van der Waals surface area contributed by atoms with E-state index in [4.69, 9.17) is 6.57 Å². The minimum atomic E-state index is -1.25. The second kappa shape index (κ2) is 5.43. The van der Waals surface area contributed by atoms with Gasteiger partial charge >= 0.3 is 0 Å². The first-order valence-electron chi connectivity index (χ1n) is 7.33. The third-order valence-electron chi connectivity index (χ3n) is 4.77. The van der Waals surface area contributed by atoms with Crippen molar-refractivity contribution in [3.63, 3.8) is 0 Å². The van der Waals surface area contributed by atoms with Crippen molar-refractivity contribution >= 4 is 24.5 Å². The first-order chi connectivity index (χ1) is 9.71. The van der Waals surface area contributed by atoms with Crippen LogP contribution in [0.15, 0.2) is 12.1 Å². The summed E-state index contributed by atoms with van der Waals surface area (Å²) >= 11 is 0. The summed E-state index contributed by atoms with van der Waals surface area (Å²) in [4.78, 5) is 16.3. The van der Waals surface area contributed by atoms with E-state index >= 15 is 0 Å². The van der Waals surface area contributed by atoms with Gasteiger partial charge in [0.2, 0.25) is 0 Å². The molecule has 1 aromatic carbocycles. The van der Waals surface area contributed by atoms with E-state index in [1.54, 1.807) is 0 Å². The van der Waals surface area contributed by atoms with Crippen LogP contribution >= 0.6 is 7.26 Å². The molecule has 1 saturated carbocycles. The van der Waals surface area contributed by atoms with Gasteiger partial charge in [-0.25, -0.2) is 4.85 Å². The zero-order chi connectivity index (χ0) is 15.8. The van der Waals surface area contributed by atoms with Crippen LogP contribution in [-0.2, 0) is 4.79 Å². The zero-order valence-electron chi connectivity index (χ0n) is 13.6. The molecule has 0 heterocycles. The summed E-state index contributed by atoms with van der Waals surface area (Å²) in [6.45, 7) is 17.8. The van der Waals surface area contributed by atoms with Crippen molar-refractivity contribution in [2.75, 3.05) is 25.3 Å². The Morgan fingerprint density at radius 3 is 2.10 bits per heavy atom. The predicted octanol–water partition coefficient (Wildman–Crippen LogP) is 4.62. The Morgan fingerprint density at radius 2 is 1.76 bits per heavy atom. The molecule has 3 nitrogen and oxygen atoms in total. The molecule has 1 amide bonds. The molecule has 0 saturated heterocycles. The van der Waals surface area contributed by atoms with E-state index < -0.39 is 7.26 Å². The van der Waals surface area contributed by atoms with Gasteiger partial charge in [0.15, 0.2) is 10.8 Å². The minimum Gasteiger partial charge on any atom is -0.322 e. The molecular weight excluding hydrogens is 279 g/mol. The number of carbonyl (C=O) groups is 1. The van der Waals surface area contributed by atoms with Crippen LogP contribution in [0.2, 0.25) is 0 Å². The molecule has 0 radical (unpaired) electrons. The molecule has 1 N–H and O–H groups in total. The SMILES string of the molecule is [C-]#[N+]c1cc(C)c(NC(=O)C2([P+](C)(C)C)CCC2)c(C)c1. The summed E-state index contributed by atoms with van der Waals surface area (Å²) in [5.74, 6) is 0.177. The summed E-state index contributed by atoms with van der Waals surface area (Å²) in [6, 6.07) is 3.69. The molecule has 1 aliphatic rings. The highest BCUT2D eigenvalue weighted by Gasteiger charge is 2.58. The van der Waals surface area contributed by atoms with Crippen molar-refractivity contribution in [3.8, 4) is 0 Å². The highest BCUT2D eigenvalue weighted by Crippen LogP contribution is 2.68. The Bertz CT molecular complexity index is 596. The summed E-state index contributed by atoms with van der Waals surface area (Å²) in [7, 11) is -1.25. The molecule has 0 aliphatic heterocycles. The quantitative estimate of drug-likeness (QED) is 0.641. The van der Waals surface area contributed by atoms with Crippen LogP contribution in [0.3, 0.4) is 0 Å². The molecule has 21 heavy (non-hydrogen) atoms. The fourth-order valence-electron chi connectivity index (χ4n) is 3.15. The summed E-state index contributed by atoms with van der Waals surface area (Å²) < 4.78 is 0. The van der Waals surface area contributed by atoms with E-state index in [0.29, 0.717) is 5.69 Å². The zero-order valence-corrected chi connectivity index (χ0v) is 14.5. The Morgan fingerprint density at radius 1 is 1.24 bits per heavy atom. The van der Waals surface area contributed by atoms with Gasteiger partial charge in [0, 0.05) is 32.9 Å². The van der Waals surface area contributed by atoms with E-state index in [1.165, 1.54) is 0 Å². The normalized spacial score (nSPS) is 16.8. The van der Waals surface area contributed by atoms with E-state index in [-0.39, 0.29) is 11.1 Å². The number of rotatable bonds is 3. The smallest absolute Gasteiger partial charge is 0.268 e. The van der Waals surface area contributed by atoms with Crippen LogP contribution in [0.25, 0.3) is 4.85 Å². The standard InChI is InChI=1S/C17H23N2OP/c1-12-10-14(18-3)11-13(2)15(12)19-16(20)17(8-7-9-17)21(4,5)6/h10-11H,7-9H2,1-2,4-6H3/p+1.